The number of benzene rings is 1. The minimum absolute atomic E-state index is 0.105. The van der Waals surface area contributed by atoms with Gasteiger partial charge in [0.2, 0.25) is 20.0 Å². The summed E-state index contributed by atoms with van der Waals surface area (Å²) in [5.41, 5.74) is 1.66. The van der Waals surface area contributed by atoms with E-state index in [0.29, 0.717) is 0 Å². The lowest BCUT2D eigenvalue weighted by molar-refractivity contribution is 0.575. The predicted octanol–water partition coefficient (Wildman–Crippen LogP) is 0.788. The van der Waals surface area contributed by atoms with Gasteiger partial charge in [-0.25, -0.2) is 26.3 Å². The van der Waals surface area contributed by atoms with Gasteiger partial charge >= 0.3 is 0 Å². The monoisotopic (exact) mass is 369 g/mol. The molecule has 0 aliphatic heterocycles. The predicted molar refractivity (Wildman–Crippen MR) is 91.2 cm³/mol. The Bertz CT molecular complexity index is 865. The van der Waals surface area contributed by atoms with E-state index in [1.54, 1.807) is 36.7 Å². The number of hydrogen-bond donors (Lipinski definition) is 2. The van der Waals surface area contributed by atoms with E-state index < -0.39 is 20.0 Å². The van der Waals surface area contributed by atoms with Gasteiger partial charge in [0.1, 0.15) is 0 Å². The maximum absolute atomic E-state index is 12.1. The first-order chi connectivity index (χ1) is 11.3. The van der Waals surface area contributed by atoms with Crippen LogP contribution in [-0.4, -0.2) is 34.1 Å². The molecular weight excluding hydrogens is 350 g/mol. The van der Waals surface area contributed by atoms with Crippen LogP contribution in [0.3, 0.4) is 0 Å². The van der Waals surface area contributed by atoms with Crippen molar-refractivity contribution < 1.29 is 16.8 Å². The van der Waals surface area contributed by atoms with Gasteiger partial charge in [0.15, 0.2) is 0 Å². The number of hydrogen-bond acceptors (Lipinski definition) is 5. The van der Waals surface area contributed by atoms with Crippen LogP contribution in [0.4, 0.5) is 0 Å². The summed E-state index contributed by atoms with van der Waals surface area (Å²) < 4.78 is 52.7. The van der Waals surface area contributed by atoms with E-state index in [2.05, 4.69) is 14.4 Å². The van der Waals surface area contributed by atoms with E-state index in [1.807, 2.05) is 6.92 Å². The van der Waals surface area contributed by atoms with Crippen molar-refractivity contribution in [3.8, 4) is 0 Å². The third-order valence-corrected chi connectivity index (χ3v) is 6.02. The average Bonchev–Trinajstić information content (AvgIpc) is 2.54. The van der Waals surface area contributed by atoms with Gasteiger partial charge in [-0.05, 0) is 30.7 Å². The van der Waals surface area contributed by atoms with Crippen LogP contribution >= 0.6 is 0 Å². The highest BCUT2D eigenvalue weighted by Crippen LogP contribution is 2.09. The number of sulfonamides is 2. The number of rotatable bonds is 8. The summed E-state index contributed by atoms with van der Waals surface area (Å²) in [7, 11) is -7.31. The van der Waals surface area contributed by atoms with E-state index in [0.717, 1.165) is 11.1 Å². The zero-order valence-corrected chi connectivity index (χ0v) is 14.8. The van der Waals surface area contributed by atoms with Crippen molar-refractivity contribution in [2.24, 2.45) is 0 Å². The van der Waals surface area contributed by atoms with E-state index in [-0.39, 0.29) is 23.7 Å². The number of aryl methyl sites for hydroxylation is 1. The van der Waals surface area contributed by atoms with Crippen molar-refractivity contribution in [2.45, 2.75) is 18.4 Å². The Hall–Kier alpha value is -1.81. The molecule has 0 aliphatic rings. The first-order valence-corrected chi connectivity index (χ1v) is 10.3. The standard InChI is InChI=1S/C15H19N3O4S2/c1-13-4-6-15(7-5-13)24(21,22)17-9-10-23(19,20)18-12-14-3-2-8-16-11-14/h2-8,11,17-18H,9-10,12H2,1H3. The Morgan fingerprint density at radius 1 is 1.00 bits per heavy atom. The van der Waals surface area contributed by atoms with Crippen LogP contribution in [0.2, 0.25) is 0 Å². The Labute approximate surface area is 142 Å². The van der Waals surface area contributed by atoms with Crippen molar-refractivity contribution in [1.29, 1.82) is 0 Å². The fourth-order valence-corrected chi connectivity index (χ4v) is 3.94. The minimum atomic E-state index is -3.72. The largest absolute Gasteiger partial charge is 0.264 e. The summed E-state index contributed by atoms with van der Waals surface area (Å²) in [4.78, 5) is 4.00. The molecule has 9 heteroatoms. The number of nitrogens with zero attached hydrogens (tertiary/aromatic N) is 1. The number of pyridine rings is 1. The van der Waals surface area contributed by atoms with E-state index in [4.69, 9.17) is 0 Å². The Kier molecular flexibility index (Phi) is 6.05. The summed E-state index contributed by atoms with van der Waals surface area (Å²) in [6, 6.07) is 9.77. The minimum Gasteiger partial charge on any atom is -0.264 e. The van der Waals surface area contributed by atoms with Gasteiger partial charge < -0.3 is 0 Å². The lowest BCUT2D eigenvalue weighted by Gasteiger charge is -2.09. The van der Waals surface area contributed by atoms with Gasteiger partial charge in [-0.1, -0.05) is 23.8 Å². The molecule has 0 saturated heterocycles. The molecule has 2 aromatic rings. The highest BCUT2D eigenvalue weighted by molar-refractivity contribution is 7.90. The SMILES string of the molecule is Cc1ccc(S(=O)(=O)NCCS(=O)(=O)NCc2cccnc2)cc1. The lowest BCUT2D eigenvalue weighted by atomic mass is 10.2. The van der Waals surface area contributed by atoms with Crippen molar-refractivity contribution >= 4 is 20.0 Å². The number of aromatic nitrogens is 1. The van der Waals surface area contributed by atoms with Crippen LogP contribution < -0.4 is 9.44 Å². The Morgan fingerprint density at radius 3 is 2.33 bits per heavy atom. The molecule has 2 rings (SSSR count). The summed E-state index contributed by atoms with van der Waals surface area (Å²) in [5, 5.41) is 0. The van der Waals surface area contributed by atoms with Crippen LogP contribution in [0.5, 0.6) is 0 Å². The molecule has 0 aliphatic carbocycles. The molecule has 0 atom stereocenters. The molecule has 0 spiro atoms. The van der Waals surface area contributed by atoms with Gasteiger partial charge in [0, 0.05) is 25.5 Å². The topological polar surface area (TPSA) is 105 Å². The molecule has 1 aromatic carbocycles. The normalized spacial score (nSPS) is 12.2. The second-order valence-electron chi connectivity index (χ2n) is 5.21. The molecule has 0 saturated carbocycles. The van der Waals surface area contributed by atoms with Gasteiger partial charge in [-0.2, -0.15) is 0 Å². The molecule has 2 N–H and O–H groups in total. The highest BCUT2D eigenvalue weighted by atomic mass is 32.2. The third kappa shape index (κ3) is 5.68. The first kappa shape index (κ1) is 18.5. The highest BCUT2D eigenvalue weighted by Gasteiger charge is 2.16. The summed E-state index contributed by atoms with van der Waals surface area (Å²) in [6.07, 6.45) is 3.15. The fourth-order valence-electron chi connectivity index (χ4n) is 1.88. The second kappa shape index (κ2) is 7.84. The molecule has 24 heavy (non-hydrogen) atoms. The zero-order chi connectivity index (χ0) is 17.6. The Balaban J connectivity index is 1.87. The van der Waals surface area contributed by atoms with E-state index in [1.165, 1.54) is 12.1 Å². The average molecular weight is 369 g/mol. The molecule has 7 nitrogen and oxygen atoms in total. The van der Waals surface area contributed by atoms with Crippen molar-refractivity contribution in [3.63, 3.8) is 0 Å². The third-order valence-electron chi connectivity index (χ3n) is 3.21. The molecular formula is C15H19N3O4S2. The van der Waals surface area contributed by atoms with Crippen LogP contribution in [0.15, 0.2) is 53.7 Å². The molecule has 0 amide bonds. The summed E-state index contributed by atoms with van der Waals surface area (Å²) in [5.74, 6) is -0.349. The van der Waals surface area contributed by atoms with Crippen LogP contribution in [0.25, 0.3) is 0 Å². The van der Waals surface area contributed by atoms with Gasteiger partial charge in [0.25, 0.3) is 0 Å². The second-order valence-corrected chi connectivity index (χ2v) is 8.91. The van der Waals surface area contributed by atoms with Crippen LogP contribution in [0.1, 0.15) is 11.1 Å². The smallest absolute Gasteiger partial charge is 0.240 e. The van der Waals surface area contributed by atoms with Crippen molar-refractivity contribution in [1.82, 2.24) is 14.4 Å². The van der Waals surface area contributed by atoms with Gasteiger partial charge in [0.05, 0.1) is 10.6 Å². The maximum atomic E-state index is 12.1. The van der Waals surface area contributed by atoms with Crippen LogP contribution in [0, 0.1) is 6.92 Å². The van der Waals surface area contributed by atoms with Crippen molar-refractivity contribution in [3.05, 3.63) is 59.9 Å². The molecule has 0 bridgehead atoms. The van der Waals surface area contributed by atoms with Crippen LogP contribution in [-0.2, 0) is 26.6 Å². The van der Waals surface area contributed by atoms with Gasteiger partial charge in [-0.3, -0.25) is 4.98 Å². The molecule has 130 valence electrons. The van der Waals surface area contributed by atoms with Gasteiger partial charge in [-0.15, -0.1) is 0 Å². The summed E-state index contributed by atoms with van der Waals surface area (Å²) >= 11 is 0. The zero-order valence-electron chi connectivity index (χ0n) is 13.1. The molecule has 0 unspecified atom stereocenters. The van der Waals surface area contributed by atoms with E-state index in [9.17, 15) is 16.8 Å². The van der Waals surface area contributed by atoms with E-state index >= 15 is 0 Å². The maximum Gasteiger partial charge on any atom is 0.240 e. The van der Waals surface area contributed by atoms with Crippen molar-refractivity contribution in [2.75, 3.05) is 12.3 Å². The lowest BCUT2D eigenvalue weighted by Crippen LogP contribution is -2.34. The molecule has 1 heterocycles. The quantitative estimate of drug-likeness (QED) is 0.716. The summed E-state index contributed by atoms with van der Waals surface area (Å²) in [6.45, 7) is 1.75. The molecule has 0 fully saturated rings. The molecule has 1 aromatic heterocycles. The fraction of sp³-hybridized carbons (Fsp3) is 0.267. The molecule has 0 radical (unpaired) electrons. The first-order valence-electron chi connectivity index (χ1n) is 7.21. The Morgan fingerprint density at radius 2 is 1.71 bits per heavy atom. The number of nitrogens with one attached hydrogen (secondary N) is 2.